The molecule has 0 aliphatic heterocycles. The van der Waals surface area contributed by atoms with Crippen LogP contribution in [0.3, 0.4) is 0 Å². The van der Waals surface area contributed by atoms with Crippen LogP contribution in [-0.4, -0.2) is 0 Å². The Morgan fingerprint density at radius 2 is 1.29 bits per heavy atom. The van der Waals surface area contributed by atoms with Crippen molar-refractivity contribution in [3.63, 3.8) is 0 Å². The molecule has 0 radical (unpaired) electrons. The molecule has 0 heteroatoms. The van der Waals surface area contributed by atoms with Crippen LogP contribution in [0.2, 0.25) is 0 Å². The lowest BCUT2D eigenvalue weighted by Crippen LogP contribution is -2.33. The van der Waals surface area contributed by atoms with E-state index in [0.29, 0.717) is 11.3 Å². The van der Waals surface area contributed by atoms with Gasteiger partial charge in [-0.15, -0.1) is 0 Å². The molecule has 1 fully saturated rings. The highest BCUT2D eigenvalue weighted by atomic mass is 14.4. The molecule has 1 unspecified atom stereocenters. The minimum absolute atomic E-state index is 0.267. The minimum atomic E-state index is 0.267. The highest BCUT2D eigenvalue weighted by Crippen LogP contribution is 2.46. The van der Waals surface area contributed by atoms with Gasteiger partial charge in [-0.3, -0.25) is 0 Å². The summed E-state index contributed by atoms with van der Waals surface area (Å²) >= 11 is 0. The summed E-state index contributed by atoms with van der Waals surface area (Å²) in [6, 6.07) is 9.01. The zero-order chi connectivity index (χ0) is 25.3. The van der Waals surface area contributed by atoms with Crippen molar-refractivity contribution in [1.29, 1.82) is 0 Å². The standard InChI is InChI=1S/C14H22.C10H20.C3H8.2C2H6/c1-6-11(2)12-8-7-9-13(10-12)14(3,4)5;1-5-8-6-9(7-8)10(2,3)4;1-3-2;2*1-2/h7-11H,6H2,1-5H3;8-9H,5-7H2,1-4H3;3H2,1-2H3;2*1-2H3. The second-order valence-corrected chi connectivity index (χ2v) is 10.7. The lowest BCUT2D eigenvalue weighted by atomic mass is 9.62. The SMILES string of the molecule is CC.CC.CCC.CCC(C)c1cccc(C(C)(C)C)c1.CCC1CC(C(C)(C)C)C1. The van der Waals surface area contributed by atoms with Crippen LogP contribution in [0.15, 0.2) is 24.3 Å². The van der Waals surface area contributed by atoms with E-state index in [0.717, 1.165) is 11.8 Å². The first-order valence-corrected chi connectivity index (χ1v) is 13.5. The van der Waals surface area contributed by atoms with Gasteiger partial charge in [0.25, 0.3) is 0 Å². The predicted molar refractivity (Wildman–Crippen MR) is 148 cm³/mol. The van der Waals surface area contributed by atoms with Crippen LogP contribution in [0.1, 0.15) is 153 Å². The highest BCUT2D eigenvalue weighted by molar-refractivity contribution is 5.30. The Kier molecular flexibility index (Phi) is 21.1. The van der Waals surface area contributed by atoms with E-state index in [-0.39, 0.29) is 5.41 Å². The van der Waals surface area contributed by atoms with Gasteiger partial charge in [0.2, 0.25) is 0 Å². The molecule has 1 aromatic carbocycles. The first-order chi connectivity index (χ1) is 14.4. The summed E-state index contributed by atoms with van der Waals surface area (Å²) in [6.07, 6.45) is 6.83. The normalized spacial score (nSPS) is 18.2. The maximum atomic E-state index is 2.36. The summed E-state index contributed by atoms with van der Waals surface area (Å²) in [5.74, 6) is 2.75. The zero-order valence-electron chi connectivity index (χ0n) is 24.6. The van der Waals surface area contributed by atoms with Gasteiger partial charge in [-0.2, -0.15) is 0 Å². The fraction of sp³-hybridized carbons (Fsp3) is 0.806. The molecule has 31 heavy (non-hydrogen) atoms. The van der Waals surface area contributed by atoms with Crippen LogP contribution in [0, 0.1) is 17.3 Å². The molecule has 0 N–H and O–H groups in total. The van der Waals surface area contributed by atoms with Gasteiger partial charge in [-0.25, -0.2) is 0 Å². The van der Waals surface area contributed by atoms with Gasteiger partial charge in [-0.1, -0.05) is 141 Å². The Hall–Kier alpha value is -0.780. The van der Waals surface area contributed by atoms with Gasteiger partial charge in [-0.05, 0) is 59.0 Å². The van der Waals surface area contributed by atoms with Crippen molar-refractivity contribution < 1.29 is 0 Å². The third-order valence-corrected chi connectivity index (χ3v) is 5.97. The van der Waals surface area contributed by atoms with Crippen molar-refractivity contribution in [2.45, 2.75) is 147 Å². The van der Waals surface area contributed by atoms with Crippen LogP contribution in [0.4, 0.5) is 0 Å². The van der Waals surface area contributed by atoms with E-state index in [1.54, 1.807) is 0 Å². The van der Waals surface area contributed by atoms with E-state index in [1.807, 2.05) is 27.7 Å². The molecule has 2 rings (SSSR count). The Balaban J connectivity index is -0.000000403. The predicted octanol–water partition coefficient (Wildman–Crippen LogP) is 11.4. The molecule has 0 heterocycles. The first kappa shape index (κ1) is 34.8. The summed E-state index contributed by atoms with van der Waals surface area (Å²) in [5.41, 5.74) is 3.75. The Labute approximate surface area is 200 Å². The Morgan fingerprint density at radius 3 is 1.61 bits per heavy atom. The fourth-order valence-electron chi connectivity index (χ4n) is 3.32. The molecule has 0 spiro atoms. The molecule has 0 bridgehead atoms. The van der Waals surface area contributed by atoms with Crippen LogP contribution >= 0.6 is 0 Å². The number of benzene rings is 1. The second-order valence-electron chi connectivity index (χ2n) is 10.7. The second kappa shape index (κ2) is 18.8. The summed E-state index contributed by atoms with van der Waals surface area (Å²) in [4.78, 5) is 0. The van der Waals surface area contributed by atoms with E-state index in [1.165, 1.54) is 43.2 Å². The third-order valence-electron chi connectivity index (χ3n) is 5.97. The summed E-state index contributed by atoms with van der Waals surface area (Å²) in [6.45, 7) is 33.0. The lowest BCUT2D eigenvalue weighted by molar-refractivity contribution is 0.0739. The maximum Gasteiger partial charge on any atom is -0.0132 e. The highest BCUT2D eigenvalue weighted by Gasteiger charge is 2.35. The molecule has 1 atom stereocenters. The molecule has 186 valence electrons. The topological polar surface area (TPSA) is 0 Å². The van der Waals surface area contributed by atoms with Gasteiger partial charge < -0.3 is 0 Å². The van der Waals surface area contributed by atoms with E-state index in [2.05, 4.69) is 100 Å². The molecular formula is C31H62. The molecule has 0 aromatic heterocycles. The average Bonchev–Trinajstić information content (AvgIpc) is 2.69. The van der Waals surface area contributed by atoms with Crippen molar-refractivity contribution in [2.75, 3.05) is 0 Å². The number of hydrogen-bond acceptors (Lipinski definition) is 0. The van der Waals surface area contributed by atoms with Crippen LogP contribution in [-0.2, 0) is 5.41 Å². The van der Waals surface area contributed by atoms with Crippen LogP contribution < -0.4 is 0 Å². The molecule has 1 aliphatic carbocycles. The lowest BCUT2D eigenvalue weighted by Gasteiger charge is -2.43. The van der Waals surface area contributed by atoms with E-state index < -0.39 is 0 Å². The molecule has 1 aromatic rings. The van der Waals surface area contributed by atoms with E-state index >= 15 is 0 Å². The van der Waals surface area contributed by atoms with Gasteiger partial charge in [0.1, 0.15) is 0 Å². The van der Waals surface area contributed by atoms with Crippen molar-refractivity contribution in [2.24, 2.45) is 17.3 Å². The molecule has 0 amide bonds. The Bertz CT molecular complexity index is 492. The van der Waals surface area contributed by atoms with Crippen molar-refractivity contribution in [3.05, 3.63) is 35.4 Å². The summed E-state index contributed by atoms with van der Waals surface area (Å²) < 4.78 is 0. The first-order valence-electron chi connectivity index (χ1n) is 13.5. The van der Waals surface area contributed by atoms with Crippen LogP contribution in [0.25, 0.3) is 0 Å². The summed E-state index contributed by atoms with van der Waals surface area (Å²) in [7, 11) is 0. The van der Waals surface area contributed by atoms with Gasteiger partial charge >= 0.3 is 0 Å². The van der Waals surface area contributed by atoms with Crippen molar-refractivity contribution in [3.8, 4) is 0 Å². The number of rotatable bonds is 3. The molecule has 0 nitrogen and oxygen atoms in total. The van der Waals surface area contributed by atoms with Gasteiger partial charge in [0.15, 0.2) is 0 Å². The number of hydrogen-bond donors (Lipinski definition) is 0. The minimum Gasteiger partial charge on any atom is -0.0683 e. The molecule has 1 saturated carbocycles. The Morgan fingerprint density at radius 1 is 0.839 bits per heavy atom. The monoisotopic (exact) mass is 434 g/mol. The molecule has 1 aliphatic rings. The van der Waals surface area contributed by atoms with Gasteiger partial charge in [0, 0.05) is 0 Å². The fourth-order valence-corrected chi connectivity index (χ4v) is 3.32. The van der Waals surface area contributed by atoms with Crippen molar-refractivity contribution >= 4 is 0 Å². The van der Waals surface area contributed by atoms with E-state index in [9.17, 15) is 0 Å². The third kappa shape index (κ3) is 15.6. The largest absolute Gasteiger partial charge is 0.0683 e. The average molecular weight is 435 g/mol. The van der Waals surface area contributed by atoms with Crippen LogP contribution in [0.5, 0.6) is 0 Å². The van der Waals surface area contributed by atoms with Gasteiger partial charge in [0.05, 0.1) is 0 Å². The molecule has 0 saturated heterocycles. The van der Waals surface area contributed by atoms with Crippen molar-refractivity contribution in [1.82, 2.24) is 0 Å². The van der Waals surface area contributed by atoms with E-state index in [4.69, 9.17) is 0 Å². The smallest absolute Gasteiger partial charge is 0.0132 e. The maximum absolute atomic E-state index is 2.36. The zero-order valence-corrected chi connectivity index (χ0v) is 24.6. The quantitative estimate of drug-likeness (QED) is 0.443. The summed E-state index contributed by atoms with van der Waals surface area (Å²) in [5, 5.41) is 0. The molecular weight excluding hydrogens is 372 g/mol.